The number of carbonyl (C=O) groups is 1. The summed E-state index contributed by atoms with van der Waals surface area (Å²) in [5, 5.41) is 15.1. The molecule has 0 saturated carbocycles. The Morgan fingerprint density at radius 3 is 2.59 bits per heavy atom. The molecule has 2 rings (SSSR count). The van der Waals surface area contributed by atoms with Gasteiger partial charge in [0.15, 0.2) is 0 Å². The number of allylic oxidation sites excluding steroid dienone is 1. The summed E-state index contributed by atoms with van der Waals surface area (Å²) in [6, 6.07) is 12.8. The minimum Gasteiger partial charge on any atom is -0.444 e. The number of ether oxygens (including phenoxy) is 1. The number of benzene rings is 1. The molecule has 0 aliphatic rings. The number of amides is 2. The monoisotopic (exact) mass is 365 g/mol. The van der Waals surface area contributed by atoms with Crippen LogP contribution in [0.25, 0.3) is 0 Å². The highest BCUT2D eigenvalue weighted by Crippen LogP contribution is 2.29. The summed E-state index contributed by atoms with van der Waals surface area (Å²) in [6.07, 6.45) is 3.14. The SMILES string of the molecule is CC(C)c1cnc(NC(=O)N(C)C)cc1O/C(C#N)=C/Nc1ccccc1. The zero-order valence-electron chi connectivity index (χ0n) is 15.9. The third kappa shape index (κ3) is 5.75. The van der Waals surface area contributed by atoms with Gasteiger partial charge in [0.1, 0.15) is 17.6 Å². The molecule has 140 valence electrons. The van der Waals surface area contributed by atoms with Crippen LogP contribution in [0, 0.1) is 11.3 Å². The van der Waals surface area contributed by atoms with Gasteiger partial charge < -0.3 is 15.0 Å². The number of para-hydroxylation sites is 1. The van der Waals surface area contributed by atoms with Crippen LogP contribution in [0.15, 0.2) is 54.6 Å². The van der Waals surface area contributed by atoms with E-state index >= 15 is 0 Å². The number of aromatic nitrogens is 1. The van der Waals surface area contributed by atoms with Crippen LogP contribution in [0.1, 0.15) is 25.3 Å². The van der Waals surface area contributed by atoms with Crippen LogP contribution >= 0.6 is 0 Å². The maximum atomic E-state index is 11.8. The van der Waals surface area contributed by atoms with Gasteiger partial charge in [-0.25, -0.2) is 9.78 Å². The van der Waals surface area contributed by atoms with Crippen molar-refractivity contribution in [3.8, 4) is 11.8 Å². The van der Waals surface area contributed by atoms with E-state index in [1.54, 1.807) is 26.4 Å². The normalized spacial score (nSPS) is 10.9. The average molecular weight is 365 g/mol. The molecule has 1 heterocycles. The summed E-state index contributed by atoms with van der Waals surface area (Å²) < 4.78 is 5.79. The topological polar surface area (TPSA) is 90.3 Å². The minimum absolute atomic E-state index is 0.0943. The number of rotatable bonds is 6. The van der Waals surface area contributed by atoms with Crippen LogP contribution in [0.4, 0.5) is 16.3 Å². The van der Waals surface area contributed by atoms with Crippen molar-refractivity contribution in [1.82, 2.24) is 9.88 Å². The van der Waals surface area contributed by atoms with E-state index < -0.39 is 0 Å². The Morgan fingerprint density at radius 2 is 2.00 bits per heavy atom. The van der Waals surface area contributed by atoms with Crippen molar-refractivity contribution < 1.29 is 9.53 Å². The fraction of sp³-hybridized carbons (Fsp3) is 0.250. The van der Waals surface area contributed by atoms with Crippen molar-refractivity contribution in [2.24, 2.45) is 0 Å². The molecular weight excluding hydrogens is 342 g/mol. The van der Waals surface area contributed by atoms with Gasteiger partial charge in [0, 0.05) is 37.6 Å². The van der Waals surface area contributed by atoms with Crippen LogP contribution in [0.3, 0.4) is 0 Å². The van der Waals surface area contributed by atoms with Crippen molar-refractivity contribution in [2.75, 3.05) is 24.7 Å². The van der Waals surface area contributed by atoms with E-state index in [9.17, 15) is 10.1 Å². The lowest BCUT2D eigenvalue weighted by molar-refractivity contribution is 0.230. The lowest BCUT2D eigenvalue weighted by Crippen LogP contribution is -2.27. The van der Waals surface area contributed by atoms with Crippen LogP contribution in [0.5, 0.6) is 5.75 Å². The Morgan fingerprint density at radius 1 is 1.30 bits per heavy atom. The first-order valence-corrected chi connectivity index (χ1v) is 8.48. The van der Waals surface area contributed by atoms with Gasteiger partial charge in [0.05, 0.1) is 6.20 Å². The molecule has 0 bridgehead atoms. The van der Waals surface area contributed by atoms with Crippen LogP contribution in [0.2, 0.25) is 0 Å². The fourth-order valence-electron chi connectivity index (χ4n) is 2.15. The van der Waals surface area contributed by atoms with E-state index in [-0.39, 0.29) is 17.7 Å². The van der Waals surface area contributed by atoms with Crippen LogP contribution in [-0.2, 0) is 0 Å². The highest BCUT2D eigenvalue weighted by Gasteiger charge is 2.14. The molecule has 2 N–H and O–H groups in total. The molecule has 1 aromatic carbocycles. The smallest absolute Gasteiger partial charge is 0.322 e. The fourth-order valence-corrected chi connectivity index (χ4v) is 2.15. The molecule has 0 saturated heterocycles. The molecule has 0 radical (unpaired) electrons. The lowest BCUT2D eigenvalue weighted by atomic mass is 10.0. The third-order valence-corrected chi connectivity index (χ3v) is 3.63. The number of nitriles is 1. The third-order valence-electron chi connectivity index (χ3n) is 3.63. The molecule has 27 heavy (non-hydrogen) atoms. The van der Waals surface area contributed by atoms with Crippen LogP contribution in [-0.4, -0.2) is 30.0 Å². The standard InChI is InChI=1S/C20H23N5O2/c1-14(2)17-13-23-19(24-20(26)25(3)4)10-18(17)27-16(11-21)12-22-15-8-6-5-7-9-15/h5-10,12-14,22H,1-4H3,(H,23,24,26)/b16-12+. The lowest BCUT2D eigenvalue weighted by Gasteiger charge is -2.16. The van der Waals surface area contributed by atoms with Gasteiger partial charge >= 0.3 is 6.03 Å². The number of pyridine rings is 1. The van der Waals surface area contributed by atoms with Crippen molar-refractivity contribution in [3.63, 3.8) is 0 Å². The predicted octanol–water partition coefficient (Wildman–Crippen LogP) is 4.15. The summed E-state index contributed by atoms with van der Waals surface area (Å²) in [5.41, 5.74) is 1.67. The van der Waals surface area contributed by atoms with E-state index in [0.717, 1.165) is 11.3 Å². The summed E-state index contributed by atoms with van der Waals surface area (Å²) in [4.78, 5) is 17.5. The van der Waals surface area contributed by atoms with E-state index in [2.05, 4.69) is 15.6 Å². The van der Waals surface area contributed by atoms with Gasteiger partial charge in [0.25, 0.3) is 0 Å². The van der Waals surface area contributed by atoms with Crippen molar-refractivity contribution in [3.05, 3.63) is 60.1 Å². The Hall–Kier alpha value is -3.53. The molecule has 0 atom stereocenters. The van der Waals surface area contributed by atoms with E-state index in [1.165, 1.54) is 11.1 Å². The molecule has 2 aromatic rings. The van der Waals surface area contributed by atoms with E-state index in [0.29, 0.717) is 11.6 Å². The van der Waals surface area contributed by atoms with Crippen LogP contribution < -0.4 is 15.4 Å². The zero-order chi connectivity index (χ0) is 19.8. The second kappa shape index (κ2) is 9.25. The summed E-state index contributed by atoms with van der Waals surface area (Å²) in [6.45, 7) is 4.00. The molecule has 7 nitrogen and oxygen atoms in total. The second-order valence-electron chi connectivity index (χ2n) is 6.32. The van der Waals surface area contributed by atoms with Crippen molar-refractivity contribution in [1.29, 1.82) is 5.26 Å². The van der Waals surface area contributed by atoms with Gasteiger partial charge in [-0.2, -0.15) is 5.26 Å². The first-order chi connectivity index (χ1) is 12.9. The number of nitrogens with one attached hydrogen (secondary N) is 2. The highest BCUT2D eigenvalue weighted by atomic mass is 16.5. The van der Waals surface area contributed by atoms with Crippen molar-refractivity contribution in [2.45, 2.75) is 19.8 Å². The van der Waals surface area contributed by atoms with Gasteiger partial charge in [-0.15, -0.1) is 0 Å². The summed E-state index contributed by atoms with van der Waals surface area (Å²) in [7, 11) is 3.28. The van der Waals surface area contributed by atoms with E-state index in [4.69, 9.17) is 4.74 Å². The van der Waals surface area contributed by atoms with E-state index in [1.807, 2.05) is 50.2 Å². The predicted molar refractivity (Wildman–Crippen MR) is 105 cm³/mol. The minimum atomic E-state index is -0.299. The second-order valence-corrected chi connectivity index (χ2v) is 6.32. The Labute approximate surface area is 159 Å². The number of hydrogen-bond acceptors (Lipinski definition) is 5. The largest absolute Gasteiger partial charge is 0.444 e. The van der Waals surface area contributed by atoms with Gasteiger partial charge in [-0.3, -0.25) is 5.32 Å². The Balaban J connectivity index is 2.25. The van der Waals surface area contributed by atoms with Gasteiger partial charge in [-0.1, -0.05) is 32.0 Å². The first-order valence-electron chi connectivity index (χ1n) is 8.48. The quantitative estimate of drug-likeness (QED) is 0.593. The number of hydrogen-bond donors (Lipinski definition) is 2. The maximum Gasteiger partial charge on any atom is 0.322 e. The Kier molecular flexibility index (Phi) is 6.78. The number of carbonyl (C=O) groups excluding carboxylic acids is 1. The molecule has 7 heteroatoms. The maximum absolute atomic E-state index is 11.8. The molecule has 0 fully saturated rings. The number of nitrogens with zero attached hydrogens (tertiary/aromatic N) is 3. The molecule has 2 amide bonds. The van der Waals surface area contributed by atoms with Gasteiger partial charge in [-0.05, 0) is 18.1 Å². The Bertz CT molecular complexity index is 854. The number of anilines is 2. The van der Waals surface area contributed by atoms with Crippen molar-refractivity contribution >= 4 is 17.5 Å². The zero-order valence-corrected chi connectivity index (χ0v) is 15.9. The molecular formula is C20H23N5O2. The first kappa shape index (κ1) is 19.8. The van der Waals surface area contributed by atoms with Gasteiger partial charge in [0.2, 0.25) is 5.76 Å². The molecule has 0 unspecified atom stereocenters. The molecule has 0 spiro atoms. The highest BCUT2D eigenvalue weighted by molar-refractivity contribution is 5.88. The molecule has 1 aromatic heterocycles. The average Bonchev–Trinajstić information content (AvgIpc) is 2.65. The summed E-state index contributed by atoms with van der Waals surface area (Å²) >= 11 is 0. The number of urea groups is 1. The molecule has 0 aliphatic carbocycles. The summed E-state index contributed by atoms with van der Waals surface area (Å²) in [5.74, 6) is 1.04. The molecule has 0 aliphatic heterocycles.